The number of benzene rings is 7. The van der Waals surface area contributed by atoms with E-state index in [-0.39, 0.29) is 0 Å². The number of aromatic nitrogens is 2. The first kappa shape index (κ1) is 24.7. The molecule has 0 radical (unpaired) electrons. The summed E-state index contributed by atoms with van der Waals surface area (Å²) in [6.07, 6.45) is 0. The van der Waals surface area contributed by atoms with Crippen LogP contribution in [0.4, 0.5) is 0 Å². The molecule has 7 aromatic carbocycles. The average molecular weight is 561 g/mol. The molecule has 0 amide bonds. The van der Waals surface area contributed by atoms with E-state index >= 15 is 0 Å². The molecule has 0 aliphatic heterocycles. The van der Waals surface area contributed by atoms with Crippen LogP contribution in [-0.4, -0.2) is 9.13 Å². The zero-order valence-corrected chi connectivity index (χ0v) is 24.1. The fourth-order valence-corrected chi connectivity index (χ4v) is 6.94. The Morgan fingerprint density at radius 1 is 0.273 bits per heavy atom. The van der Waals surface area contributed by atoms with Gasteiger partial charge in [0, 0.05) is 32.8 Å². The van der Waals surface area contributed by atoms with Crippen molar-refractivity contribution >= 4 is 43.6 Å². The van der Waals surface area contributed by atoms with Crippen LogP contribution in [0.1, 0.15) is 0 Å². The van der Waals surface area contributed by atoms with Crippen molar-refractivity contribution in [3.63, 3.8) is 0 Å². The summed E-state index contributed by atoms with van der Waals surface area (Å²) in [5.41, 5.74) is 12.1. The fraction of sp³-hybridized carbons (Fsp3) is 0. The Morgan fingerprint density at radius 3 is 1.14 bits per heavy atom. The van der Waals surface area contributed by atoms with E-state index in [2.05, 4.69) is 179 Å². The average Bonchev–Trinajstić information content (AvgIpc) is 3.62. The molecule has 0 unspecified atom stereocenters. The highest BCUT2D eigenvalue weighted by molar-refractivity contribution is 6.10. The zero-order chi connectivity index (χ0) is 29.0. The van der Waals surface area contributed by atoms with Crippen LogP contribution in [0.5, 0.6) is 0 Å². The molecule has 2 nitrogen and oxygen atoms in total. The van der Waals surface area contributed by atoms with Gasteiger partial charge in [-0.05, 0) is 59.2 Å². The van der Waals surface area contributed by atoms with Crippen LogP contribution in [0.3, 0.4) is 0 Å². The number of hydrogen-bond donors (Lipinski definition) is 0. The van der Waals surface area contributed by atoms with E-state index in [1.807, 2.05) is 0 Å². The molecule has 0 aliphatic rings. The van der Waals surface area contributed by atoms with Crippen LogP contribution in [0.15, 0.2) is 170 Å². The van der Waals surface area contributed by atoms with Gasteiger partial charge in [-0.25, -0.2) is 0 Å². The van der Waals surface area contributed by atoms with E-state index in [4.69, 9.17) is 0 Å². The quantitative estimate of drug-likeness (QED) is 0.203. The molecule has 0 N–H and O–H groups in total. The molecule has 0 fully saturated rings. The monoisotopic (exact) mass is 560 g/mol. The van der Waals surface area contributed by atoms with Gasteiger partial charge in [-0.2, -0.15) is 0 Å². The predicted molar refractivity (Wildman–Crippen MR) is 186 cm³/mol. The number of hydrogen-bond acceptors (Lipinski definition) is 0. The van der Waals surface area contributed by atoms with Crippen molar-refractivity contribution in [3.05, 3.63) is 170 Å². The molecule has 0 saturated carbocycles. The van der Waals surface area contributed by atoms with Crippen molar-refractivity contribution < 1.29 is 0 Å². The summed E-state index contributed by atoms with van der Waals surface area (Å²) in [6.45, 7) is 0. The molecule has 2 heteroatoms. The Morgan fingerprint density at radius 2 is 0.636 bits per heavy atom. The number of para-hydroxylation sites is 5. The Bertz CT molecular complexity index is 2370. The van der Waals surface area contributed by atoms with Gasteiger partial charge >= 0.3 is 0 Å². The minimum absolute atomic E-state index is 1.17. The summed E-state index contributed by atoms with van der Waals surface area (Å²) in [5, 5.41) is 5.11. The lowest BCUT2D eigenvalue weighted by Gasteiger charge is -2.14. The van der Waals surface area contributed by atoms with Crippen molar-refractivity contribution in [1.29, 1.82) is 0 Å². The summed E-state index contributed by atoms with van der Waals surface area (Å²) in [5.74, 6) is 0. The van der Waals surface area contributed by atoms with Gasteiger partial charge in [-0.15, -0.1) is 0 Å². The summed E-state index contributed by atoms with van der Waals surface area (Å²) < 4.78 is 4.77. The van der Waals surface area contributed by atoms with E-state index in [9.17, 15) is 0 Å². The van der Waals surface area contributed by atoms with Gasteiger partial charge < -0.3 is 9.13 Å². The van der Waals surface area contributed by atoms with Gasteiger partial charge in [-0.3, -0.25) is 0 Å². The molecule has 0 atom stereocenters. The molecule has 0 bridgehead atoms. The van der Waals surface area contributed by atoms with Crippen LogP contribution in [0.2, 0.25) is 0 Å². The standard InChI is InChI=1S/C42H28N2/c1-6-16-38(44-41-19-9-4-14-36(41)37-15-5-10-20-42(37)44)33(11-1)31-23-21-29(22-24-31)30-25-27-32(28-26-30)43-39-17-7-2-12-34(39)35-13-3-8-18-40(35)43/h1-28H. The van der Waals surface area contributed by atoms with E-state index < -0.39 is 0 Å². The molecule has 9 rings (SSSR count). The second kappa shape index (κ2) is 9.86. The lowest BCUT2D eigenvalue weighted by atomic mass is 9.99. The number of fused-ring (bicyclic) bond motifs is 6. The number of rotatable bonds is 4. The molecule has 0 aliphatic carbocycles. The highest BCUT2D eigenvalue weighted by Gasteiger charge is 2.15. The molecule has 206 valence electrons. The summed E-state index contributed by atoms with van der Waals surface area (Å²) in [6, 6.07) is 61.4. The van der Waals surface area contributed by atoms with Crippen LogP contribution < -0.4 is 0 Å². The number of nitrogens with zero attached hydrogens (tertiary/aromatic N) is 2. The Hall–Kier alpha value is -5.86. The van der Waals surface area contributed by atoms with E-state index in [1.165, 1.54) is 77.2 Å². The predicted octanol–water partition coefficient (Wildman–Crippen LogP) is 11.2. The van der Waals surface area contributed by atoms with E-state index in [0.29, 0.717) is 0 Å². The first-order valence-electron chi connectivity index (χ1n) is 15.1. The lowest BCUT2D eigenvalue weighted by Crippen LogP contribution is -1.97. The van der Waals surface area contributed by atoms with Gasteiger partial charge in [0.2, 0.25) is 0 Å². The van der Waals surface area contributed by atoms with Gasteiger partial charge in [0.1, 0.15) is 0 Å². The first-order valence-corrected chi connectivity index (χ1v) is 15.1. The summed E-state index contributed by atoms with van der Waals surface area (Å²) >= 11 is 0. The van der Waals surface area contributed by atoms with Gasteiger partial charge in [-0.1, -0.05) is 127 Å². The van der Waals surface area contributed by atoms with Crippen molar-refractivity contribution in [1.82, 2.24) is 9.13 Å². The fourth-order valence-electron chi connectivity index (χ4n) is 6.94. The Balaban J connectivity index is 1.10. The molecule has 0 saturated heterocycles. The molecule has 9 aromatic rings. The van der Waals surface area contributed by atoms with Crippen molar-refractivity contribution in [2.45, 2.75) is 0 Å². The second-order valence-corrected chi connectivity index (χ2v) is 11.4. The molecule has 0 spiro atoms. The lowest BCUT2D eigenvalue weighted by molar-refractivity contribution is 1.18. The SMILES string of the molecule is c1ccc(-n2c3ccccc3c3ccccc32)c(-c2ccc(-c3ccc(-n4c5ccccc5c5ccccc54)cc3)cc2)c1. The van der Waals surface area contributed by atoms with Crippen LogP contribution >= 0.6 is 0 Å². The van der Waals surface area contributed by atoms with Crippen molar-refractivity contribution in [2.75, 3.05) is 0 Å². The highest BCUT2D eigenvalue weighted by Crippen LogP contribution is 2.37. The molecule has 2 aromatic heterocycles. The largest absolute Gasteiger partial charge is 0.309 e. The molecule has 2 heterocycles. The first-order chi connectivity index (χ1) is 21.8. The van der Waals surface area contributed by atoms with Gasteiger partial charge in [0.05, 0.1) is 27.8 Å². The molecular weight excluding hydrogens is 532 g/mol. The minimum atomic E-state index is 1.17. The normalized spacial score (nSPS) is 11.6. The van der Waals surface area contributed by atoms with Crippen molar-refractivity contribution in [3.8, 4) is 33.6 Å². The maximum absolute atomic E-state index is 2.40. The molecule has 44 heavy (non-hydrogen) atoms. The third-order valence-corrected chi connectivity index (χ3v) is 8.96. The van der Waals surface area contributed by atoms with E-state index in [1.54, 1.807) is 0 Å². The zero-order valence-electron chi connectivity index (χ0n) is 24.1. The van der Waals surface area contributed by atoms with Crippen molar-refractivity contribution in [2.24, 2.45) is 0 Å². The summed E-state index contributed by atoms with van der Waals surface area (Å²) in [4.78, 5) is 0. The Labute approximate surface area is 255 Å². The molecular formula is C42H28N2. The maximum Gasteiger partial charge on any atom is 0.0541 e. The maximum atomic E-state index is 2.40. The minimum Gasteiger partial charge on any atom is -0.309 e. The van der Waals surface area contributed by atoms with Crippen LogP contribution in [0, 0.1) is 0 Å². The topological polar surface area (TPSA) is 9.86 Å². The van der Waals surface area contributed by atoms with E-state index in [0.717, 1.165) is 0 Å². The van der Waals surface area contributed by atoms with Crippen LogP contribution in [0.25, 0.3) is 77.2 Å². The van der Waals surface area contributed by atoms with Gasteiger partial charge in [0.25, 0.3) is 0 Å². The van der Waals surface area contributed by atoms with Crippen LogP contribution in [-0.2, 0) is 0 Å². The second-order valence-electron chi connectivity index (χ2n) is 11.4. The Kier molecular flexibility index (Phi) is 5.54. The summed E-state index contributed by atoms with van der Waals surface area (Å²) in [7, 11) is 0. The third kappa shape index (κ3) is 3.75. The van der Waals surface area contributed by atoms with Gasteiger partial charge in [0.15, 0.2) is 0 Å². The third-order valence-electron chi connectivity index (χ3n) is 8.96. The highest BCUT2D eigenvalue weighted by atomic mass is 15.0. The smallest absolute Gasteiger partial charge is 0.0541 e.